The van der Waals surface area contributed by atoms with Crippen molar-refractivity contribution in [1.82, 2.24) is 19.7 Å². The molecular formula is C19H28N4O3. The Morgan fingerprint density at radius 1 is 1.08 bits per heavy atom. The predicted molar refractivity (Wildman–Crippen MR) is 97.3 cm³/mol. The summed E-state index contributed by atoms with van der Waals surface area (Å²) in [5, 5.41) is 0. The summed E-state index contributed by atoms with van der Waals surface area (Å²) in [4.78, 5) is 35.2. The van der Waals surface area contributed by atoms with Gasteiger partial charge in [0.25, 0.3) is 0 Å². The summed E-state index contributed by atoms with van der Waals surface area (Å²) in [6.45, 7) is 5.57. The van der Waals surface area contributed by atoms with Crippen molar-refractivity contribution < 1.29 is 14.3 Å². The summed E-state index contributed by atoms with van der Waals surface area (Å²) >= 11 is 0. The van der Waals surface area contributed by atoms with Gasteiger partial charge in [-0.2, -0.15) is 0 Å². The van der Waals surface area contributed by atoms with Gasteiger partial charge in [0.15, 0.2) is 0 Å². The third-order valence-electron chi connectivity index (χ3n) is 5.26. The van der Waals surface area contributed by atoms with E-state index in [-0.39, 0.29) is 24.3 Å². The van der Waals surface area contributed by atoms with Crippen molar-refractivity contribution in [2.75, 3.05) is 53.0 Å². The number of amides is 2. The van der Waals surface area contributed by atoms with Gasteiger partial charge < -0.3 is 14.5 Å². The third-order valence-corrected chi connectivity index (χ3v) is 5.26. The number of carbonyl (C=O) groups excluding carboxylic acids is 2. The molecule has 0 N–H and O–H groups in total. The zero-order valence-electron chi connectivity index (χ0n) is 15.5. The lowest BCUT2D eigenvalue weighted by atomic mass is 9.95. The molecule has 26 heavy (non-hydrogen) atoms. The maximum Gasteiger partial charge on any atom is 0.248 e. The van der Waals surface area contributed by atoms with Crippen molar-refractivity contribution in [2.24, 2.45) is 5.92 Å². The van der Waals surface area contributed by atoms with Gasteiger partial charge in [-0.1, -0.05) is 6.07 Å². The smallest absolute Gasteiger partial charge is 0.248 e. The zero-order valence-corrected chi connectivity index (χ0v) is 15.5. The molecule has 2 aliphatic heterocycles. The first-order chi connectivity index (χ1) is 12.7. The average molecular weight is 360 g/mol. The van der Waals surface area contributed by atoms with Crippen LogP contribution in [0.25, 0.3) is 0 Å². The zero-order chi connectivity index (χ0) is 18.4. The molecular weight excluding hydrogens is 332 g/mol. The van der Waals surface area contributed by atoms with Crippen molar-refractivity contribution in [3.8, 4) is 0 Å². The third kappa shape index (κ3) is 4.80. The molecule has 0 atom stereocenters. The molecule has 0 saturated carbocycles. The van der Waals surface area contributed by atoms with Crippen molar-refractivity contribution in [2.45, 2.75) is 19.4 Å². The largest absolute Gasteiger partial charge is 0.375 e. The molecule has 0 bridgehead atoms. The first-order valence-electron chi connectivity index (χ1n) is 9.35. The van der Waals surface area contributed by atoms with Crippen LogP contribution in [0.3, 0.4) is 0 Å². The van der Waals surface area contributed by atoms with Gasteiger partial charge in [-0.3, -0.25) is 19.5 Å². The Morgan fingerprint density at radius 2 is 1.81 bits per heavy atom. The highest BCUT2D eigenvalue weighted by atomic mass is 16.5. The number of rotatable bonds is 5. The fraction of sp³-hybridized carbons (Fsp3) is 0.632. The Labute approximate surface area is 154 Å². The van der Waals surface area contributed by atoms with Crippen LogP contribution in [0.15, 0.2) is 24.4 Å². The van der Waals surface area contributed by atoms with E-state index in [1.54, 1.807) is 4.90 Å². The van der Waals surface area contributed by atoms with Crippen molar-refractivity contribution in [3.63, 3.8) is 0 Å². The lowest BCUT2D eigenvalue weighted by Gasteiger charge is -2.38. The van der Waals surface area contributed by atoms with E-state index in [1.165, 1.54) is 7.11 Å². The second kappa shape index (κ2) is 9.09. The van der Waals surface area contributed by atoms with Gasteiger partial charge in [-0.25, -0.2) is 0 Å². The highest BCUT2D eigenvalue weighted by Crippen LogP contribution is 2.21. The second-order valence-corrected chi connectivity index (χ2v) is 7.01. The molecule has 2 fully saturated rings. The molecule has 1 aromatic heterocycles. The van der Waals surface area contributed by atoms with E-state index in [4.69, 9.17) is 4.74 Å². The highest BCUT2D eigenvalue weighted by molar-refractivity contribution is 5.80. The summed E-state index contributed by atoms with van der Waals surface area (Å²) in [5.41, 5.74) is 1.07. The molecule has 2 aliphatic rings. The normalized spacial score (nSPS) is 19.6. The van der Waals surface area contributed by atoms with E-state index < -0.39 is 0 Å². The minimum atomic E-state index is 0.0153. The number of piperazine rings is 1. The molecule has 142 valence electrons. The van der Waals surface area contributed by atoms with Crippen LogP contribution < -0.4 is 0 Å². The first kappa shape index (κ1) is 18.8. The molecule has 1 aromatic rings. The van der Waals surface area contributed by atoms with Crippen molar-refractivity contribution in [3.05, 3.63) is 30.1 Å². The van der Waals surface area contributed by atoms with Crippen LogP contribution in [0.2, 0.25) is 0 Å². The van der Waals surface area contributed by atoms with E-state index in [1.807, 2.05) is 29.3 Å². The van der Waals surface area contributed by atoms with Gasteiger partial charge in [0.1, 0.15) is 6.61 Å². The van der Waals surface area contributed by atoms with Crippen molar-refractivity contribution >= 4 is 11.8 Å². The summed E-state index contributed by atoms with van der Waals surface area (Å²) in [5.74, 6) is 0.312. The quantitative estimate of drug-likeness (QED) is 0.770. The Kier molecular flexibility index (Phi) is 6.57. The van der Waals surface area contributed by atoms with Crippen LogP contribution in [-0.4, -0.2) is 84.5 Å². The number of piperidine rings is 1. The monoisotopic (exact) mass is 360 g/mol. The predicted octanol–water partition coefficient (Wildman–Crippen LogP) is 0.611. The van der Waals surface area contributed by atoms with E-state index in [2.05, 4.69) is 9.88 Å². The van der Waals surface area contributed by atoms with Crippen LogP contribution in [0.1, 0.15) is 18.5 Å². The average Bonchev–Trinajstić information content (AvgIpc) is 2.69. The number of hydrogen-bond donors (Lipinski definition) is 0. The van der Waals surface area contributed by atoms with E-state index in [0.717, 1.165) is 51.3 Å². The number of methoxy groups -OCH3 is 1. The van der Waals surface area contributed by atoms with E-state index >= 15 is 0 Å². The molecule has 7 heteroatoms. The van der Waals surface area contributed by atoms with Crippen LogP contribution in [0.4, 0.5) is 0 Å². The summed E-state index contributed by atoms with van der Waals surface area (Å²) < 4.78 is 4.90. The number of aromatic nitrogens is 1. The number of carbonyl (C=O) groups is 2. The molecule has 0 spiro atoms. The lowest BCUT2D eigenvalue weighted by molar-refractivity contribution is -0.143. The number of nitrogens with zero attached hydrogens (tertiary/aromatic N) is 4. The number of pyridine rings is 1. The summed E-state index contributed by atoms with van der Waals surface area (Å²) in [6.07, 6.45) is 3.32. The van der Waals surface area contributed by atoms with Gasteiger partial charge in [-0.15, -0.1) is 0 Å². The summed E-state index contributed by atoms with van der Waals surface area (Å²) in [7, 11) is 1.53. The minimum absolute atomic E-state index is 0.0153. The van der Waals surface area contributed by atoms with Gasteiger partial charge in [0.2, 0.25) is 11.8 Å². The molecule has 0 unspecified atom stereocenters. The molecule has 0 radical (unpaired) electrons. The molecule has 7 nitrogen and oxygen atoms in total. The molecule has 0 aromatic carbocycles. The standard InChI is InChI=1S/C19H28N4O3/c1-26-15-18(24)22-8-5-16(6-9-22)19(25)23-12-10-21(11-13-23)14-17-4-2-3-7-20-17/h2-4,7,16H,5-6,8-15H2,1H3. The number of hydrogen-bond acceptors (Lipinski definition) is 5. The van der Waals surface area contributed by atoms with Gasteiger partial charge >= 0.3 is 0 Å². The maximum atomic E-state index is 12.8. The molecule has 2 amide bonds. The van der Waals surface area contributed by atoms with Crippen LogP contribution in [0.5, 0.6) is 0 Å². The Bertz CT molecular complexity index is 594. The van der Waals surface area contributed by atoms with E-state index in [9.17, 15) is 9.59 Å². The minimum Gasteiger partial charge on any atom is -0.375 e. The van der Waals surface area contributed by atoms with Crippen LogP contribution in [0, 0.1) is 5.92 Å². The first-order valence-corrected chi connectivity index (χ1v) is 9.35. The summed E-state index contributed by atoms with van der Waals surface area (Å²) in [6, 6.07) is 5.97. The van der Waals surface area contributed by atoms with Crippen LogP contribution >= 0.6 is 0 Å². The Balaban J connectivity index is 1.42. The fourth-order valence-electron chi connectivity index (χ4n) is 3.70. The molecule has 2 saturated heterocycles. The van der Waals surface area contributed by atoms with Crippen LogP contribution in [-0.2, 0) is 20.9 Å². The second-order valence-electron chi connectivity index (χ2n) is 7.01. The van der Waals surface area contributed by atoms with Gasteiger partial charge in [-0.05, 0) is 25.0 Å². The van der Waals surface area contributed by atoms with Gasteiger partial charge in [0, 0.05) is 65.0 Å². The maximum absolute atomic E-state index is 12.8. The van der Waals surface area contributed by atoms with Crippen molar-refractivity contribution in [1.29, 1.82) is 0 Å². The Hall–Kier alpha value is -1.99. The highest BCUT2D eigenvalue weighted by Gasteiger charge is 2.31. The molecule has 0 aliphatic carbocycles. The fourth-order valence-corrected chi connectivity index (χ4v) is 3.70. The molecule has 3 rings (SSSR count). The number of ether oxygens (including phenoxy) is 1. The SMILES string of the molecule is COCC(=O)N1CCC(C(=O)N2CCN(Cc3ccccn3)CC2)CC1. The number of likely N-dealkylation sites (tertiary alicyclic amines) is 1. The topological polar surface area (TPSA) is 66.0 Å². The Morgan fingerprint density at radius 3 is 2.42 bits per heavy atom. The molecule has 3 heterocycles. The lowest BCUT2D eigenvalue weighted by Crippen LogP contribution is -2.51. The van der Waals surface area contributed by atoms with E-state index in [0.29, 0.717) is 13.1 Å². The van der Waals surface area contributed by atoms with Gasteiger partial charge in [0.05, 0.1) is 5.69 Å².